The predicted octanol–water partition coefficient (Wildman–Crippen LogP) is 3.58. The van der Waals surface area contributed by atoms with Crippen molar-refractivity contribution in [2.45, 2.75) is 53.6 Å². The van der Waals surface area contributed by atoms with Crippen LogP contribution in [-0.2, 0) is 17.9 Å². The van der Waals surface area contributed by atoms with Crippen molar-refractivity contribution < 1.29 is 18.4 Å². The first-order chi connectivity index (χ1) is 15.3. The zero-order valence-electron chi connectivity index (χ0n) is 19.9. The number of imidazole rings is 1. The number of nitrogens with zero attached hydrogens (tertiary/aromatic N) is 3. The molecule has 178 valence electrons. The summed E-state index contributed by atoms with van der Waals surface area (Å²) in [5.41, 5.74) is 0.919. The molecule has 0 spiro atoms. The normalized spacial score (nSPS) is 12.9. The van der Waals surface area contributed by atoms with E-state index in [1.807, 2.05) is 25.8 Å². The van der Waals surface area contributed by atoms with Crippen molar-refractivity contribution in [3.05, 3.63) is 41.2 Å². The van der Waals surface area contributed by atoms with Gasteiger partial charge in [-0.05, 0) is 32.1 Å². The van der Waals surface area contributed by atoms with E-state index in [0.29, 0.717) is 18.8 Å². The second kappa shape index (κ2) is 13.6. The lowest BCUT2D eigenvalue weighted by atomic mass is 10.2. The Morgan fingerprint density at radius 2 is 1.81 bits per heavy atom. The van der Waals surface area contributed by atoms with E-state index >= 15 is 0 Å². The van der Waals surface area contributed by atoms with Crippen LogP contribution in [0.25, 0.3) is 11.4 Å². The Bertz CT molecular complexity index is 899. The molecule has 0 radical (unpaired) electrons. The first kappa shape index (κ1) is 27.2. The summed E-state index contributed by atoms with van der Waals surface area (Å²) in [6.45, 7) is 9.89. The molecule has 1 aromatic carbocycles. The van der Waals surface area contributed by atoms with E-state index in [4.69, 9.17) is 0 Å². The van der Waals surface area contributed by atoms with Gasteiger partial charge in [-0.2, -0.15) is 0 Å². The van der Waals surface area contributed by atoms with Crippen LogP contribution in [0.4, 0.5) is 8.78 Å². The number of carbonyl (C=O) groups is 2. The van der Waals surface area contributed by atoms with Crippen molar-refractivity contribution in [1.82, 2.24) is 25.1 Å². The maximum Gasteiger partial charge on any atom is 0.272 e. The van der Waals surface area contributed by atoms with Crippen LogP contribution in [0.1, 0.15) is 56.7 Å². The van der Waals surface area contributed by atoms with Crippen LogP contribution < -0.4 is 10.6 Å². The number of carbonyl (C=O) groups excluding carboxylic acids is 2. The summed E-state index contributed by atoms with van der Waals surface area (Å²) in [5, 5.41) is 4.95. The Labute approximate surface area is 189 Å². The van der Waals surface area contributed by atoms with Gasteiger partial charge in [0, 0.05) is 26.2 Å². The highest BCUT2D eigenvalue weighted by Gasteiger charge is 2.27. The summed E-state index contributed by atoms with van der Waals surface area (Å²) in [7, 11) is 3.40. The molecule has 2 aromatic rings. The van der Waals surface area contributed by atoms with Gasteiger partial charge in [0.05, 0.1) is 17.8 Å². The molecule has 0 fully saturated rings. The molecule has 9 heteroatoms. The third-order valence-corrected chi connectivity index (χ3v) is 4.49. The number of likely N-dealkylation sites (N-methyl/N-ethyl adjacent to an activating group) is 1. The summed E-state index contributed by atoms with van der Waals surface area (Å²) >= 11 is 0. The van der Waals surface area contributed by atoms with E-state index in [0.717, 1.165) is 25.1 Å². The highest BCUT2D eigenvalue weighted by Crippen LogP contribution is 2.28. The van der Waals surface area contributed by atoms with Gasteiger partial charge in [0.25, 0.3) is 5.91 Å². The van der Waals surface area contributed by atoms with Gasteiger partial charge in [-0.1, -0.05) is 34.1 Å². The van der Waals surface area contributed by atoms with Gasteiger partial charge in [0.1, 0.15) is 17.5 Å². The molecule has 0 bridgehead atoms. The molecule has 0 saturated carbocycles. The average Bonchev–Trinajstić information content (AvgIpc) is 2.99. The zero-order valence-corrected chi connectivity index (χ0v) is 19.9. The predicted molar refractivity (Wildman–Crippen MR) is 122 cm³/mol. The Hall–Kier alpha value is -2.81. The van der Waals surface area contributed by atoms with Crippen LogP contribution in [-0.4, -0.2) is 53.5 Å². The second-order valence-corrected chi connectivity index (χ2v) is 7.16. The summed E-state index contributed by atoms with van der Waals surface area (Å²) < 4.78 is 29.4. The van der Waals surface area contributed by atoms with E-state index in [9.17, 15) is 18.4 Å². The van der Waals surface area contributed by atoms with Gasteiger partial charge in [-0.25, -0.2) is 13.8 Å². The highest BCUT2D eigenvalue weighted by molar-refractivity contribution is 5.96. The molecule has 7 nitrogen and oxygen atoms in total. The Kier molecular flexibility index (Phi) is 11.5. The van der Waals surface area contributed by atoms with Crippen LogP contribution in [0.2, 0.25) is 0 Å². The number of amides is 2. The topological polar surface area (TPSA) is 79.3 Å². The maximum atomic E-state index is 14.3. The molecule has 2 heterocycles. The Morgan fingerprint density at radius 1 is 1.16 bits per heavy atom. The highest BCUT2D eigenvalue weighted by atomic mass is 19.1. The molecule has 1 aromatic heterocycles. The largest absolute Gasteiger partial charge is 0.358 e. The lowest BCUT2D eigenvalue weighted by Crippen LogP contribution is -2.36. The molecular weight excluding hydrogens is 416 g/mol. The first-order valence-corrected chi connectivity index (χ1v) is 11.0. The van der Waals surface area contributed by atoms with Crippen molar-refractivity contribution >= 4 is 11.8 Å². The van der Waals surface area contributed by atoms with E-state index in [-0.39, 0.29) is 29.5 Å². The standard InChI is InChI=1S/C18H21F2N5O2.C3H8.C2H6/c1-21-15(26)9-22-18(27)16-14-10-24(2)6-3-7-25(14)17(23-16)12-5-4-11(19)8-13(12)20;1-3-2;1-2/h4-5,8H,3,6-7,9-10H2,1-2H3,(H,21,26)(H,22,27);3H2,1-2H3;1-2H3. The molecule has 0 aliphatic carbocycles. The van der Waals surface area contributed by atoms with Gasteiger partial charge in [-0.3, -0.25) is 9.59 Å². The molecule has 3 rings (SSSR count). The van der Waals surface area contributed by atoms with Crippen molar-refractivity contribution in [3.63, 3.8) is 0 Å². The van der Waals surface area contributed by atoms with Crippen molar-refractivity contribution in [2.75, 3.05) is 27.2 Å². The molecular formula is C23H35F2N5O2. The fourth-order valence-corrected chi connectivity index (χ4v) is 3.11. The van der Waals surface area contributed by atoms with Crippen LogP contribution in [0.3, 0.4) is 0 Å². The third-order valence-electron chi connectivity index (χ3n) is 4.49. The molecule has 2 amide bonds. The average molecular weight is 452 g/mol. The number of fused-ring (bicyclic) bond motifs is 1. The monoisotopic (exact) mass is 451 g/mol. The maximum absolute atomic E-state index is 14.3. The van der Waals surface area contributed by atoms with Crippen molar-refractivity contribution in [1.29, 1.82) is 0 Å². The van der Waals surface area contributed by atoms with E-state index in [2.05, 4.69) is 29.5 Å². The molecule has 0 saturated heterocycles. The number of hydrogen-bond acceptors (Lipinski definition) is 4. The fourth-order valence-electron chi connectivity index (χ4n) is 3.11. The molecule has 0 atom stereocenters. The summed E-state index contributed by atoms with van der Waals surface area (Å²) in [4.78, 5) is 30.4. The van der Waals surface area contributed by atoms with Gasteiger partial charge in [0.15, 0.2) is 5.69 Å². The Balaban J connectivity index is 0.000000944. The Morgan fingerprint density at radius 3 is 2.41 bits per heavy atom. The molecule has 1 aliphatic rings. The van der Waals surface area contributed by atoms with Gasteiger partial charge < -0.3 is 20.1 Å². The number of nitrogens with one attached hydrogen (secondary N) is 2. The van der Waals surface area contributed by atoms with Crippen LogP contribution in [0.15, 0.2) is 18.2 Å². The minimum absolute atomic E-state index is 0.132. The number of rotatable bonds is 4. The fraction of sp³-hybridized carbons (Fsp3) is 0.522. The lowest BCUT2D eigenvalue weighted by Gasteiger charge is -2.13. The van der Waals surface area contributed by atoms with Gasteiger partial charge >= 0.3 is 0 Å². The minimum atomic E-state index is -0.738. The SMILES string of the molecule is CC.CCC.CNC(=O)CNC(=O)c1nc(-c2ccc(F)cc2F)n2c1CN(C)CCC2. The minimum Gasteiger partial charge on any atom is -0.358 e. The number of aromatic nitrogens is 2. The van der Waals surface area contributed by atoms with E-state index < -0.39 is 17.5 Å². The van der Waals surface area contributed by atoms with E-state index in [1.165, 1.54) is 19.5 Å². The van der Waals surface area contributed by atoms with Gasteiger partial charge in [0.2, 0.25) is 5.91 Å². The lowest BCUT2D eigenvalue weighted by molar-refractivity contribution is -0.119. The van der Waals surface area contributed by atoms with Crippen LogP contribution >= 0.6 is 0 Å². The quantitative estimate of drug-likeness (QED) is 0.745. The first-order valence-electron chi connectivity index (χ1n) is 11.0. The van der Waals surface area contributed by atoms with Crippen LogP contribution in [0.5, 0.6) is 0 Å². The van der Waals surface area contributed by atoms with E-state index in [1.54, 1.807) is 4.57 Å². The molecule has 1 aliphatic heterocycles. The smallest absolute Gasteiger partial charge is 0.272 e. The van der Waals surface area contributed by atoms with Crippen molar-refractivity contribution in [3.8, 4) is 11.4 Å². The summed E-state index contributed by atoms with van der Waals surface area (Å²) in [5.74, 6) is -1.98. The van der Waals surface area contributed by atoms with Crippen LogP contribution in [0, 0.1) is 11.6 Å². The second-order valence-electron chi connectivity index (χ2n) is 7.16. The zero-order chi connectivity index (χ0) is 24.3. The summed E-state index contributed by atoms with van der Waals surface area (Å²) in [6, 6.07) is 3.28. The third kappa shape index (κ3) is 7.12. The number of hydrogen-bond donors (Lipinski definition) is 2. The number of benzene rings is 1. The molecule has 2 N–H and O–H groups in total. The molecule has 0 unspecified atom stereocenters. The van der Waals surface area contributed by atoms with Gasteiger partial charge in [-0.15, -0.1) is 0 Å². The van der Waals surface area contributed by atoms with Crippen molar-refractivity contribution in [2.24, 2.45) is 0 Å². The number of halogens is 2. The summed E-state index contributed by atoms with van der Waals surface area (Å²) in [6.07, 6.45) is 2.05. The molecule has 32 heavy (non-hydrogen) atoms.